The van der Waals surface area contributed by atoms with Crippen molar-refractivity contribution in [1.29, 1.82) is 5.26 Å². The van der Waals surface area contributed by atoms with Gasteiger partial charge in [0.05, 0.1) is 18.7 Å². The summed E-state index contributed by atoms with van der Waals surface area (Å²) in [5, 5.41) is 9.11. The van der Waals surface area contributed by atoms with E-state index >= 15 is 0 Å². The molecule has 24 heavy (non-hydrogen) atoms. The summed E-state index contributed by atoms with van der Waals surface area (Å²) in [7, 11) is 1.56. The average Bonchev–Trinajstić information content (AvgIpc) is 2.67. The topological polar surface area (TPSA) is 63.0 Å². The molecule has 0 aliphatic rings. The summed E-state index contributed by atoms with van der Waals surface area (Å²) in [4.78, 5) is 16.4. The van der Waals surface area contributed by atoms with Gasteiger partial charge < -0.3 is 4.74 Å². The molecule has 1 aromatic heterocycles. The Kier molecular flexibility index (Phi) is 4.35. The minimum Gasteiger partial charge on any atom is -0.497 e. The monoisotopic (exact) mass is 314 g/mol. The van der Waals surface area contributed by atoms with E-state index in [-0.39, 0.29) is 5.78 Å². The molecule has 0 bridgehead atoms. The van der Waals surface area contributed by atoms with E-state index in [4.69, 9.17) is 10.00 Å². The van der Waals surface area contributed by atoms with Gasteiger partial charge in [0, 0.05) is 11.8 Å². The fourth-order valence-electron chi connectivity index (χ4n) is 2.41. The van der Waals surface area contributed by atoms with Gasteiger partial charge in [0.2, 0.25) is 5.78 Å². The smallest absolute Gasteiger partial charge is 0.211 e. The van der Waals surface area contributed by atoms with Crippen LogP contribution in [0.5, 0.6) is 5.75 Å². The third kappa shape index (κ3) is 3.16. The molecule has 0 amide bonds. The first-order chi connectivity index (χ1) is 11.7. The van der Waals surface area contributed by atoms with E-state index in [1.165, 1.54) is 0 Å². The highest BCUT2D eigenvalue weighted by Crippen LogP contribution is 2.26. The minimum atomic E-state index is -0.120. The Hall–Kier alpha value is -3.45. The van der Waals surface area contributed by atoms with Gasteiger partial charge in [-0.15, -0.1) is 0 Å². The molecule has 0 saturated carbocycles. The second-order valence-electron chi connectivity index (χ2n) is 5.18. The van der Waals surface area contributed by atoms with Gasteiger partial charge in [0.1, 0.15) is 11.4 Å². The van der Waals surface area contributed by atoms with Crippen molar-refractivity contribution < 1.29 is 9.53 Å². The molecule has 0 fully saturated rings. The number of aromatic nitrogens is 1. The Bertz CT molecular complexity index is 911. The van der Waals surface area contributed by atoms with Crippen LogP contribution in [-0.4, -0.2) is 17.9 Å². The molecule has 0 spiro atoms. The maximum absolute atomic E-state index is 12.4. The van der Waals surface area contributed by atoms with Gasteiger partial charge >= 0.3 is 0 Å². The highest BCUT2D eigenvalue weighted by molar-refractivity contribution is 6.07. The maximum Gasteiger partial charge on any atom is 0.211 e. The van der Waals surface area contributed by atoms with Crippen molar-refractivity contribution in [2.24, 2.45) is 0 Å². The summed E-state index contributed by atoms with van der Waals surface area (Å²) in [6.07, 6.45) is 1.60. The number of benzene rings is 2. The highest BCUT2D eigenvalue weighted by Gasteiger charge is 2.10. The van der Waals surface area contributed by atoms with E-state index in [0.29, 0.717) is 22.6 Å². The predicted octanol–water partition coefficient (Wildman–Crippen LogP) is 3.86. The van der Waals surface area contributed by atoms with E-state index < -0.39 is 0 Å². The number of nitrogens with zero attached hydrogens (tertiary/aromatic N) is 2. The van der Waals surface area contributed by atoms with E-state index in [2.05, 4.69) is 11.1 Å². The maximum atomic E-state index is 12.4. The molecule has 3 rings (SSSR count). The van der Waals surface area contributed by atoms with Gasteiger partial charge in [-0.25, -0.2) is 0 Å². The molecular formula is C20H14N2O2. The van der Waals surface area contributed by atoms with Crippen molar-refractivity contribution in [3.8, 4) is 22.9 Å². The molecule has 116 valence electrons. The fraction of sp³-hybridized carbons (Fsp3) is 0.0500. The van der Waals surface area contributed by atoms with Crippen LogP contribution in [0.2, 0.25) is 0 Å². The number of rotatable bonds is 4. The van der Waals surface area contributed by atoms with Crippen LogP contribution in [0.25, 0.3) is 11.1 Å². The molecule has 0 atom stereocenters. The lowest BCUT2D eigenvalue weighted by Crippen LogP contribution is -2.03. The second-order valence-corrected chi connectivity index (χ2v) is 5.18. The number of hydrogen-bond donors (Lipinski definition) is 0. The first kappa shape index (κ1) is 15.4. The molecule has 4 nitrogen and oxygen atoms in total. The van der Waals surface area contributed by atoms with Crippen molar-refractivity contribution in [2.75, 3.05) is 7.11 Å². The Morgan fingerprint density at radius 1 is 1.04 bits per heavy atom. The van der Waals surface area contributed by atoms with Crippen LogP contribution in [0.1, 0.15) is 21.6 Å². The summed E-state index contributed by atoms with van der Waals surface area (Å²) in [6.45, 7) is 0. The molecule has 0 N–H and O–H groups in total. The van der Waals surface area contributed by atoms with Gasteiger partial charge in [-0.3, -0.25) is 9.78 Å². The normalized spacial score (nSPS) is 10.0. The lowest BCUT2D eigenvalue weighted by Gasteiger charge is -2.07. The summed E-state index contributed by atoms with van der Waals surface area (Å²) in [5.41, 5.74) is 3.28. The molecule has 0 saturated heterocycles. The van der Waals surface area contributed by atoms with Crippen LogP contribution in [0.3, 0.4) is 0 Å². The van der Waals surface area contributed by atoms with Crippen molar-refractivity contribution in [3.63, 3.8) is 0 Å². The molecule has 0 aliphatic carbocycles. The van der Waals surface area contributed by atoms with Crippen molar-refractivity contribution in [3.05, 3.63) is 83.7 Å². The summed E-state index contributed by atoms with van der Waals surface area (Å²) >= 11 is 0. The Labute approximate surface area is 140 Å². The van der Waals surface area contributed by atoms with Gasteiger partial charge in [-0.2, -0.15) is 5.26 Å². The zero-order valence-corrected chi connectivity index (χ0v) is 13.1. The van der Waals surface area contributed by atoms with E-state index in [0.717, 1.165) is 11.1 Å². The van der Waals surface area contributed by atoms with Crippen LogP contribution in [0, 0.1) is 11.3 Å². The van der Waals surface area contributed by atoms with Crippen molar-refractivity contribution >= 4 is 5.78 Å². The summed E-state index contributed by atoms with van der Waals surface area (Å²) < 4.78 is 5.23. The third-order valence-corrected chi connectivity index (χ3v) is 3.65. The minimum absolute atomic E-state index is 0.120. The van der Waals surface area contributed by atoms with Crippen LogP contribution < -0.4 is 4.74 Å². The predicted molar refractivity (Wildman–Crippen MR) is 90.8 cm³/mol. The molecule has 2 aromatic carbocycles. The Morgan fingerprint density at radius 3 is 2.46 bits per heavy atom. The second kappa shape index (κ2) is 6.76. The summed E-state index contributed by atoms with van der Waals surface area (Å²) in [6, 6.07) is 19.9. The van der Waals surface area contributed by atoms with E-state index in [1.807, 2.05) is 18.2 Å². The first-order valence-corrected chi connectivity index (χ1v) is 7.36. The quantitative estimate of drug-likeness (QED) is 0.686. The SMILES string of the molecule is COc1cc(C#N)cc(-c2ccc(C(=O)c3ccccn3)cc2)c1. The number of hydrogen-bond acceptors (Lipinski definition) is 4. The Morgan fingerprint density at radius 2 is 1.83 bits per heavy atom. The van der Waals surface area contributed by atoms with Crippen LogP contribution in [0.4, 0.5) is 0 Å². The number of methoxy groups -OCH3 is 1. The van der Waals surface area contributed by atoms with Crippen molar-refractivity contribution in [1.82, 2.24) is 4.98 Å². The van der Waals surface area contributed by atoms with E-state index in [1.54, 1.807) is 55.8 Å². The van der Waals surface area contributed by atoms with Gasteiger partial charge in [-0.05, 0) is 41.5 Å². The number of carbonyl (C=O) groups is 1. The average molecular weight is 314 g/mol. The number of carbonyl (C=O) groups excluding carboxylic acids is 1. The van der Waals surface area contributed by atoms with Crippen LogP contribution in [0.15, 0.2) is 66.9 Å². The molecule has 1 heterocycles. The third-order valence-electron chi connectivity index (χ3n) is 3.65. The van der Waals surface area contributed by atoms with Crippen LogP contribution >= 0.6 is 0 Å². The van der Waals surface area contributed by atoms with Gasteiger partial charge in [0.15, 0.2) is 0 Å². The molecule has 4 heteroatoms. The molecule has 0 unspecified atom stereocenters. The lowest BCUT2D eigenvalue weighted by molar-refractivity contribution is 0.103. The highest BCUT2D eigenvalue weighted by atomic mass is 16.5. The first-order valence-electron chi connectivity index (χ1n) is 7.36. The largest absolute Gasteiger partial charge is 0.497 e. The zero-order valence-electron chi connectivity index (χ0n) is 13.1. The number of ether oxygens (including phenoxy) is 1. The zero-order chi connectivity index (χ0) is 16.9. The molecule has 0 aliphatic heterocycles. The molecular weight excluding hydrogens is 300 g/mol. The number of pyridine rings is 1. The van der Waals surface area contributed by atoms with Crippen LogP contribution in [-0.2, 0) is 0 Å². The standard InChI is InChI=1S/C20H14N2O2/c1-24-18-11-14(13-21)10-17(12-18)15-5-7-16(8-6-15)20(23)19-4-2-3-9-22-19/h2-12H,1H3. The van der Waals surface area contributed by atoms with Gasteiger partial charge in [-0.1, -0.05) is 30.3 Å². The molecule has 3 aromatic rings. The number of ketones is 1. The van der Waals surface area contributed by atoms with Gasteiger partial charge in [0.25, 0.3) is 0 Å². The number of nitriles is 1. The van der Waals surface area contributed by atoms with E-state index in [9.17, 15) is 4.79 Å². The summed E-state index contributed by atoms with van der Waals surface area (Å²) in [5.74, 6) is 0.503. The lowest BCUT2D eigenvalue weighted by atomic mass is 9.99. The fourth-order valence-corrected chi connectivity index (χ4v) is 2.41. The van der Waals surface area contributed by atoms with Crippen molar-refractivity contribution in [2.45, 2.75) is 0 Å². The molecule has 0 radical (unpaired) electrons. The Balaban J connectivity index is 1.93.